The number of hydrogen-bond donors (Lipinski definition) is 0. The summed E-state index contributed by atoms with van der Waals surface area (Å²) in [5, 5.41) is 0. The van der Waals surface area contributed by atoms with Crippen LogP contribution in [0.3, 0.4) is 0 Å². The third kappa shape index (κ3) is 4.51. The second-order valence-corrected chi connectivity index (χ2v) is 11.7. The number of benzene rings is 1. The van der Waals surface area contributed by atoms with E-state index in [0.717, 1.165) is 57.2 Å². The summed E-state index contributed by atoms with van der Waals surface area (Å²) in [4.78, 5) is 0. The van der Waals surface area contributed by atoms with Gasteiger partial charge in [0, 0.05) is 29.9 Å². The number of rotatable bonds is 8. The summed E-state index contributed by atoms with van der Waals surface area (Å²) in [6.07, 6.45) is -3.30. The van der Waals surface area contributed by atoms with E-state index in [2.05, 4.69) is 27.7 Å². The van der Waals surface area contributed by atoms with Crippen LogP contribution in [0.25, 0.3) is 0 Å². The van der Waals surface area contributed by atoms with E-state index in [9.17, 15) is 26.3 Å². The van der Waals surface area contributed by atoms with Crippen molar-refractivity contribution in [1.29, 1.82) is 0 Å². The topological polar surface area (TPSA) is 9.23 Å². The van der Waals surface area contributed by atoms with Crippen molar-refractivity contribution in [2.75, 3.05) is 19.7 Å². The number of halogens is 6. The van der Waals surface area contributed by atoms with Gasteiger partial charge >= 0.3 is 12.4 Å². The van der Waals surface area contributed by atoms with E-state index >= 15 is 0 Å². The first-order valence-corrected chi connectivity index (χ1v) is 12.9. The molecule has 1 aliphatic carbocycles. The Kier molecular flexibility index (Phi) is 6.83. The molecule has 2 aliphatic heterocycles. The van der Waals surface area contributed by atoms with Gasteiger partial charge in [-0.15, -0.1) is 0 Å². The van der Waals surface area contributed by atoms with Gasteiger partial charge < -0.3 is 9.22 Å². The Morgan fingerprint density at radius 2 is 1.57 bits per heavy atom. The SMILES string of the molecule is CCCCCCO[C@]1(C)C[N@+]2(Cc3cc(C(F)(F)F)cc(C(F)(F)F)c3)C[C@@H](C)[C@@H]3CC[C@H]1[C@@]32C. The van der Waals surface area contributed by atoms with Crippen LogP contribution in [0.5, 0.6) is 0 Å². The third-order valence-electron chi connectivity index (χ3n) is 9.49. The number of unbranched alkanes of at least 4 members (excludes halogenated alkanes) is 3. The van der Waals surface area contributed by atoms with Gasteiger partial charge in [0.1, 0.15) is 24.2 Å². The Morgan fingerprint density at radius 3 is 2.14 bits per heavy atom. The van der Waals surface area contributed by atoms with E-state index in [1.54, 1.807) is 0 Å². The fraction of sp³-hybridized carbons (Fsp3) is 0.778. The van der Waals surface area contributed by atoms with Crippen molar-refractivity contribution in [2.24, 2.45) is 17.8 Å². The summed E-state index contributed by atoms with van der Waals surface area (Å²) >= 11 is 0. The summed E-state index contributed by atoms with van der Waals surface area (Å²) in [5.41, 5.74) is -2.99. The van der Waals surface area contributed by atoms with Crippen molar-refractivity contribution in [3.63, 3.8) is 0 Å². The summed E-state index contributed by atoms with van der Waals surface area (Å²) in [6.45, 7) is 10.9. The van der Waals surface area contributed by atoms with Crippen LogP contribution < -0.4 is 0 Å². The molecule has 3 fully saturated rings. The Morgan fingerprint density at radius 1 is 0.943 bits per heavy atom. The highest BCUT2D eigenvalue weighted by Gasteiger charge is 2.76. The van der Waals surface area contributed by atoms with Crippen molar-refractivity contribution in [1.82, 2.24) is 0 Å². The molecule has 2 saturated heterocycles. The number of nitrogens with zero attached hydrogens (tertiary/aromatic N) is 1. The fourth-order valence-corrected chi connectivity index (χ4v) is 8.21. The maximum atomic E-state index is 13.5. The molecule has 0 bridgehead atoms. The molecular formula is C27H38F6NO+. The summed E-state index contributed by atoms with van der Waals surface area (Å²) in [6, 6.07) is 2.08. The average Bonchev–Trinajstić information content (AvgIpc) is 3.26. The van der Waals surface area contributed by atoms with Gasteiger partial charge in [-0.2, -0.15) is 26.3 Å². The molecule has 8 heteroatoms. The van der Waals surface area contributed by atoms with Crippen LogP contribution in [0.15, 0.2) is 18.2 Å². The van der Waals surface area contributed by atoms with E-state index in [4.69, 9.17) is 4.74 Å². The molecule has 1 aromatic carbocycles. The molecule has 35 heavy (non-hydrogen) atoms. The predicted molar refractivity (Wildman–Crippen MR) is 122 cm³/mol. The standard InChI is InChI=1S/C27H38F6NO/c1-5-6-7-8-11-35-24(3)17-34(15-18(2)22-9-10-23(24)25(22,34)4)16-19-12-20(26(28,29)30)14-21(13-19)27(31,32)33/h12-14,18,22-23H,5-11,15-17H2,1-4H3/q+1/t18-,22+,23-,24-,25-,34-/m1/s1. The minimum atomic E-state index is -4.84. The highest BCUT2D eigenvalue weighted by molar-refractivity contribution is 5.33. The lowest BCUT2D eigenvalue weighted by atomic mass is 9.76. The number of ether oxygens (including phenoxy) is 1. The van der Waals surface area contributed by atoms with Crippen LogP contribution in [-0.4, -0.2) is 35.3 Å². The van der Waals surface area contributed by atoms with Gasteiger partial charge in [-0.1, -0.05) is 33.1 Å². The van der Waals surface area contributed by atoms with Crippen LogP contribution in [-0.2, 0) is 23.6 Å². The maximum Gasteiger partial charge on any atom is 0.416 e. The van der Waals surface area contributed by atoms with Crippen LogP contribution in [0.1, 0.15) is 82.9 Å². The Labute approximate surface area is 204 Å². The van der Waals surface area contributed by atoms with Crippen molar-refractivity contribution in [2.45, 2.75) is 96.3 Å². The lowest BCUT2D eigenvalue weighted by Crippen LogP contribution is -2.57. The highest BCUT2D eigenvalue weighted by Crippen LogP contribution is 2.65. The first kappa shape index (κ1) is 26.8. The van der Waals surface area contributed by atoms with Gasteiger partial charge in [0.25, 0.3) is 0 Å². The molecule has 0 spiro atoms. The molecule has 0 radical (unpaired) electrons. The first-order valence-electron chi connectivity index (χ1n) is 12.9. The largest absolute Gasteiger partial charge is 0.416 e. The monoisotopic (exact) mass is 506 g/mol. The molecule has 2 nitrogen and oxygen atoms in total. The quantitative estimate of drug-likeness (QED) is 0.198. The van der Waals surface area contributed by atoms with Gasteiger partial charge in [0.15, 0.2) is 0 Å². The number of quaternary nitrogens is 1. The van der Waals surface area contributed by atoms with Gasteiger partial charge in [0.05, 0.1) is 17.7 Å². The molecule has 1 saturated carbocycles. The second-order valence-electron chi connectivity index (χ2n) is 11.7. The summed E-state index contributed by atoms with van der Waals surface area (Å²) in [7, 11) is 0. The minimum Gasteiger partial charge on any atom is -0.369 e. The average molecular weight is 507 g/mol. The van der Waals surface area contributed by atoms with Crippen LogP contribution in [0.2, 0.25) is 0 Å². The van der Waals surface area contributed by atoms with E-state index in [1.807, 2.05) is 0 Å². The van der Waals surface area contributed by atoms with Crippen LogP contribution >= 0.6 is 0 Å². The molecule has 198 valence electrons. The molecule has 0 unspecified atom stereocenters. The molecule has 0 N–H and O–H groups in total. The number of hydrogen-bond acceptors (Lipinski definition) is 1. The van der Waals surface area contributed by atoms with E-state index in [1.165, 1.54) is 0 Å². The maximum absolute atomic E-state index is 13.5. The van der Waals surface area contributed by atoms with Crippen LogP contribution in [0, 0.1) is 17.8 Å². The lowest BCUT2D eigenvalue weighted by Gasteiger charge is -2.44. The Balaban J connectivity index is 1.69. The highest BCUT2D eigenvalue weighted by atomic mass is 19.4. The lowest BCUT2D eigenvalue weighted by molar-refractivity contribution is -0.967. The normalized spacial score (nSPS) is 36.7. The summed E-state index contributed by atoms with van der Waals surface area (Å²) in [5.74, 6) is 1.00. The van der Waals surface area contributed by atoms with Gasteiger partial charge in [0.2, 0.25) is 0 Å². The molecular weight excluding hydrogens is 468 g/mol. The zero-order chi connectivity index (χ0) is 25.9. The van der Waals surface area contributed by atoms with E-state index < -0.39 is 29.1 Å². The van der Waals surface area contributed by atoms with Crippen molar-refractivity contribution in [3.8, 4) is 0 Å². The summed E-state index contributed by atoms with van der Waals surface area (Å²) < 4.78 is 88.3. The number of alkyl halides is 6. The first-order chi connectivity index (χ1) is 16.2. The zero-order valence-corrected chi connectivity index (χ0v) is 21.2. The molecule has 2 heterocycles. The van der Waals surface area contributed by atoms with Crippen molar-refractivity contribution >= 4 is 0 Å². The molecule has 0 aromatic heterocycles. The molecule has 0 amide bonds. The Bertz CT molecular complexity index is 897. The molecule has 1 aromatic rings. The smallest absolute Gasteiger partial charge is 0.369 e. The van der Waals surface area contributed by atoms with Gasteiger partial charge in [-0.3, -0.25) is 0 Å². The second kappa shape index (κ2) is 8.93. The van der Waals surface area contributed by atoms with Crippen LogP contribution in [0.4, 0.5) is 26.3 Å². The van der Waals surface area contributed by atoms with E-state index in [0.29, 0.717) is 29.5 Å². The molecule has 3 aliphatic rings. The van der Waals surface area contributed by atoms with Crippen molar-refractivity contribution in [3.05, 3.63) is 34.9 Å². The molecule has 6 atom stereocenters. The fourth-order valence-electron chi connectivity index (χ4n) is 8.21. The Hall–Kier alpha value is -1.28. The van der Waals surface area contributed by atoms with Gasteiger partial charge in [-0.25, -0.2) is 0 Å². The third-order valence-corrected chi connectivity index (χ3v) is 9.49. The molecule has 4 rings (SSSR count). The minimum absolute atomic E-state index is 0.110. The van der Waals surface area contributed by atoms with Crippen molar-refractivity contribution < 1.29 is 35.6 Å². The zero-order valence-electron chi connectivity index (χ0n) is 21.2. The van der Waals surface area contributed by atoms with E-state index in [-0.39, 0.29) is 29.6 Å². The predicted octanol–water partition coefficient (Wildman–Crippen LogP) is 7.84. The van der Waals surface area contributed by atoms with Gasteiger partial charge in [-0.05, 0) is 51.3 Å².